The monoisotopic (exact) mass is 364 g/mol. The normalized spacial score (nSPS) is 15.4. The molecule has 2 heterocycles. The molecule has 1 aliphatic heterocycles. The van der Waals surface area contributed by atoms with Crippen LogP contribution in [-0.2, 0) is 11.3 Å². The number of hydrogen-bond acceptors (Lipinski definition) is 3. The average Bonchev–Trinajstić information content (AvgIpc) is 3.03. The predicted octanol–water partition coefficient (Wildman–Crippen LogP) is 2.50. The zero-order chi connectivity index (χ0) is 19.0. The van der Waals surface area contributed by atoms with Crippen molar-refractivity contribution in [1.29, 1.82) is 0 Å². The minimum atomic E-state index is -0.183. The number of carbonyl (C=O) groups excluding carboxylic acids is 1. The van der Waals surface area contributed by atoms with Gasteiger partial charge in [-0.2, -0.15) is 0 Å². The van der Waals surface area contributed by atoms with Gasteiger partial charge in [0.2, 0.25) is 5.91 Å². The smallest absolute Gasteiger partial charge is 0.323 e. The Morgan fingerprint density at radius 3 is 2.52 bits per heavy atom. The first-order valence-electron chi connectivity index (χ1n) is 9.30. The average molecular weight is 364 g/mol. The van der Waals surface area contributed by atoms with E-state index < -0.39 is 0 Å². The number of fused-ring (bicyclic) bond motifs is 1. The summed E-state index contributed by atoms with van der Waals surface area (Å²) in [5.74, 6) is 0.158. The van der Waals surface area contributed by atoms with Crippen molar-refractivity contribution in [2.24, 2.45) is 0 Å². The highest BCUT2D eigenvalue weighted by Gasteiger charge is 2.19. The topological polar surface area (TPSA) is 72.2 Å². The standard InChI is InChI=1S/C21H24N4O2/c1-14-17(13-24-8-10-25(11-9-24)15(2)26)4-3-5-18(14)16-6-7-19-20(12-16)23-21(27)22-19/h3-7,12H,8-11,13H2,1-2H3,(H2,22,23,27). The molecule has 4 rings (SSSR count). The molecule has 6 nitrogen and oxygen atoms in total. The van der Waals surface area contributed by atoms with Gasteiger partial charge in [-0.05, 0) is 41.3 Å². The highest BCUT2D eigenvalue weighted by atomic mass is 16.2. The van der Waals surface area contributed by atoms with Gasteiger partial charge in [-0.25, -0.2) is 4.79 Å². The van der Waals surface area contributed by atoms with Crippen LogP contribution in [0.3, 0.4) is 0 Å². The van der Waals surface area contributed by atoms with E-state index in [1.807, 2.05) is 23.1 Å². The third kappa shape index (κ3) is 3.53. The summed E-state index contributed by atoms with van der Waals surface area (Å²) in [4.78, 5) is 32.9. The Kier molecular flexibility index (Phi) is 4.58. The van der Waals surface area contributed by atoms with Gasteiger partial charge in [0.15, 0.2) is 0 Å². The van der Waals surface area contributed by atoms with Crippen LogP contribution in [0.4, 0.5) is 0 Å². The molecule has 0 radical (unpaired) electrons. The van der Waals surface area contributed by atoms with Crippen LogP contribution in [0, 0.1) is 6.92 Å². The number of aromatic amines is 2. The molecule has 1 aromatic heterocycles. The molecule has 140 valence electrons. The number of rotatable bonds is 3. The lowest BCUT2D eigenvalue weighted by molar-refractivity contribution is -0.130. The van der Waals surface area contributed by atoms with Crippen molar-refractivity contribution in [2.45, 2.75) is 20.4 Å². The van der Waals surface area contributed by atoms with Gasteiger partial charge in [0.25, 0.3) is 0 Å². The van der Waals surface area contributed by atoms with Crippen molar-refractivity contribution in [2.75, 3.05) is 26.2 Å². The van der Waals surface area contributed by atoms with E-state index in [-0.39, 0.29) is 11.6 Å². The summed E-state index contributed by atoms with van der Waals surface area (Å²) in [7, 11) is 0. The Morgan fingerprint density at radius 1 is 1.04 bits per heavy atom. The molecule has 1 fully saturated rings. The summed E-state index contributed by atoms with van der Waals surface area (Å²) in [5.41, 5.74) is 6.29. The van der Waals surface area contributed by atoms with E-state index >= 15 is 0 Å². The van der Waals surface area contributed by atoms with Gasteiger partial charge >= 0.3 is 5.69 Å². The zero-order valence-corrected chi connectivity index (χ0v) is 15.7. The molecule has 3 aromatic rings. The molecule has 6 heteroatoms. The van der Waals surface area contributed by atoms with Crippen LogP contribution in [-0.4, -0.2) is 51.9 Å². The Labute approximate surface area is 157 Å². The molecule has 0 unspecified atom stereocenters. The molecule has 1 aliphatic rings. The van der Waals surface area contributed by atoms with Crippen LogP contribution in [0.5, 0.6) is 0 Å². The Hall–Kier alpha value is -2.86. The minimum absolute atomic E-state index is 0.158. The highest BCUT2D eigenvalue weighted by Crippen LogP contribution is 2.28. The number of benzene rings is 2. The molecule has 0 spiro atoms. The quantitative estimate of drug-likeness (QED) is 0.750. The molecule has 1 saturated heterocycles. The summed E-state index contributed by atoms with van der Waals surface area (Å²) in [5, 5.41) is 0. The van der Waals surface area contributed by atoms with Gasteiger partial charge in [-0.1, -0.05) is 24.3 Å². The first-order valence-corrected chi connectivity index (χ1v) is 9.30. The van der Waals surface area contributed by atoms with Crippen molar-refractivity contribution < 1.29 is 4.79 Å². The third-order valence-electron chi connectivity index (χ3n) is 5.48. The molecule has 0 bridgehead atoms. The van der Waals surface area contributed by atoms with Crippen LogP contribution in [0.15, 0.2) is 41.2 Å². The van der Waals surface area contributed by atoms with Crippen molar-refractivity contribution in [3.05, 3.63) is 58.0 Å². The van der Waals surface area contributed by atoms with E-state index in [2.05, 4.69) is 40.0 Å². The lowest BCUT2D eigenvalue weighted by atomic mass is 9.96. The minimum Gasteiger partial charge on any atom is -0.340 e. The number of piperazine rings is 1. The number of hydrogen-bond donors (Lipinski definition) is 2. The molecular formula is C21H24N4O2. The Morgan fingerprint density at radius 2 is 1.78 bits per heavy atom. The number of carbonyl (C=O) groups is 1. The Balaban J connectivity index is 1.57. The van der Waals surface area contributed by atoms with E-state index in [1.54, 1.807) is 6.92 Å². The zero-order valence-electron chi connectivity index (χ0n) is 15.7. The van der Waals surface area contributed by atoms with Gasteiger partial charge in [0.1, 0.15) is 0 Å². The summed E-state index contributed by atoms with van der Waals surface area (Å²) in [6.45, 7) is 8.07. The Bertz CT molecular complexity index is 1040. The maximum absolute atomic E-state index is 11.5. The molecular weight excluding hydrogens is 340 g/mol. The van der Waals surface area contributed by atoms with E-state index in [0.717, 1.165) is 49.3 Å². The fourth-order valence-electron chi connectivity index (χ4n) is 3.83. The van der Waals surface area contributed by atoms with Crippen LogP contribution in [0.2, 0.25) is 0 Å². The third-order valence-corrected chi connectivity index (χ3v) is 5.48. The molecule has 2 aromatic carbocycles. The van der Waals surface area contributed by atoms with Gasteiger partial charge < -0.3 is 14.9 Å². The predicted molar refractivity (Wildman–Crippen MR) is 107 cm³/mol. The van der Waals surface area contributed by atoms with Crippen molar-refractivity contribution >= 4 is 16.9 Å². The number of H-pyrrole nitrogens is 2. The van der Waals surface area contributed by atoms with Crippen LogP contribution in [0.1, 0.15) is 18.1 Å². The first-order chi connectivity index (χ1) is 13.0. The molecule has 1 amide bonds. The lowest BCUT2D eigenvalue weighted by Crippen LogP contribution is -2.47. The number of nitrogens with one attached hydrogen (secondary N) is 2. The maximum atomic E-state index is 11.5. The van der Waals surface area contributed by atoms with Gasteiger partial charge in [-0.15, -0.1) is 0 Å². The van der Waals surface area contributed by atoms with Crippen molar-refractivity contribution in [3.63, 3.8) is 0 Å². The van der Waals surface area contributed by atoms with E-state index in [4.69, 9.17) is 0 Å². The number of aromatic nitrogens is 2. The van der Waals surface area contributed by atoms with Gasteiger partial charge in [-0.3, -0.25) is 9.69 Å². The van der Waals surface area contributed by atoms with Gasteiger partial charge in [0, 0.05) is 39.6 Å². The SMILES string of the molecule is CC(=O)N1CCN(Cc2cccc(-c3ccc4[nH]c(=O)[nH]c4c3)c2C)CC1. The molecule has 2 N–H and O–H groups in total. The number of nitrogens with zero attached hydrogens (tertiary/aromatic N) is 2. The second-order valence-corrected chi connectivity index (χ2v) is 7.21. The van der Waals surface area contributed by atoms with Gasteiger partial charge in [0.05, 0.1) is 11.0 Å². The summed E-state index contributed by atoms with van der Waals surface area (Å²) in [6.07, 6.45) is 0. The summed E-state index contributed by atoms with van der Waals surface area (Å²) < 4.78 is 0. The molecule has 0 saturated carbocycles. The second kappa shape index (κ2) is 7.04. The van der Waals surface area contributed by atoms with Crippen LogP contribution < -0.4 is 5.69 Å². The van der Waals surface area contributed by atoms with Crippen LogP contribution >= 0.6 is 0 Å². The summed E-state index contributed by atoms with van der Waals surface area (Å²) in [6, 6.07) is 12.4. The molecule has 0 aliphatic carbocycles. The number of amides is 1. The second-order valence-electron chi connectivity index (χ2n) is 7.21. The van der Waals surface area contributed by atoms with E-state index in [1.165, 1.54) is 16.7 Å². The van der Waals surface area contributed by atoms with Crippen molar-refractivity contribution in [1.82, 2.24) is 19.8 Å². The van der Waals surface area contributed by atoms with E-state index in [0.29, 0.717) is 0 Å². The molecule has 27 heavy (non-hydrogen) atoms. The first kappa shape index (κ1) is 17.5. The lowest BCUT2D eigenvalue weighted by Gasteiger charge is -2.34. The largest absolute Gasteiger partial charge is 0.340 e. The fraction of sp³-hybridized carbons (Fsp3) is 0.333. The number of imidazole rings is 1. The fourth-order valence-corrected chi connectivity index (χ4v) is 3.83. The van der Waals surface area contributed by atoms with Crippen molar-refractivity contribution in [3.8, 4) is 11.1 Å². The highest BCUT2D eigenvalue weighted by molar-refractivity contribution is 5.82. The summed E-state index contributed by atoms with van der Waals surface area (Å²) >= 11 is 0. The van der Waals surface area contributed by atoms with Crippen LogP contribution in [0.25, 0.3) is 22.2 Å². The maximum Gasteiger partial charge on any atom is 0.323 e. The van der Waals surface area contributed by atoms with E-state index in [9.17, 15) is 9.59 Å². The molecule has 0 atom stereocenters.